The Morgan fingerprint density at radius 2 is 1.40 bits per heavy atom. The van der Waals surface area contributed by atoms with Gasteiger partial charge in [0.05, 0.1) is 17.5 Å². The van der Waals surface area contributed by atoms with Crippen LogP contribution in [-0.2, 0) is 19.2 Å². The van der Waals surface area contributed by atoms with Gasteiger partial charge in [0, 0.05) is 11.5 Å². The van der Waals surface area contributed by atoms with E-state index < -0.39 is 104 Å². The molecule has 3 aromatic rings. The highest BCUT2D eigenvalue weighted by Crippen LogP contribution is 2.66. The number of hydrogen-bond acceptors (Lipinski definition) is 5. The summed E-state index contributed by atoms with van der Waals surface area (Å²) in [5, 5.41) is 11.0. The zero-order valence-electron chi connectivity index (χ0n) is 24.3. The van der Waals surface area contributed by atoms with E-state index in [2.05, 4.69) is 6.58 Å². The molecule has 1 saturated carbocycles. The lowest BCUT2D eigenvalue weighted by Gasteiger charge is -2.50. The molecule has 0 radical (unpaired) electrons. The number of imide groups is 2. The molecule has 7 nitrogen and oxygen atoms in total. The molecule has 0 bridgehead atoms. The quantitative estimate of drug-likeness (QED) is 0.0837. The summed E-state index contributed by atoms with van der Waals surface area (Å²) >= 11 is 14.1. The summed E-state index contributed by atoms with van der Waals surface area (Å²) in [4.78, 5) is 51.6. The predicted molar refractivity (Wildman–Crippen MR) is 164 cm³/mol. The van der Waals surface area contributed by atoms with Gasteiger partial charge in [-0.2, -0.15) is 0 Å². The summed E-state index contributed by atoms with van der Waals surface area (Å²) in [5.41, 5.74) is -0.725. The van der Waals surface area contributed by atoms with Crippen LogP contribution in [0, 0.1) is 46.8 Å². The molecule has 2 aliphatic carbocycles. The minimum absolute atomic E-state index is 0.0296. The molecule has 4 amide bonds. The number of carbonyl (C=O) groups excluding carboxylic acids is 4. The number of benzene rings is 3. The van der Waals surface area contributed by atoms with Crippen molar-refractivity contribution in [1.82, 2.24) is 0 Å². The molecule has 1 N–H and O–H groups in total. The lowest BCUT2D eigenvalue weighted by atomic mass is 9.56. The Hall–Kier alpha value is -4.55. The van der Waals surface area contributed by atoms with Crippen LogP contribution in [0.2, 0.25) is 0 Å². The van der Waals surface area contributed by atoms with Crippen LogP contribution in [0.4, 0.5) is 33.3 Å². The molecule has 2 aliphatic heterocycles. The molecule has 14 heteroatoms. The van der Waals surface area contributed by atoms with Crippen molar-refractivity contribution >= 4 is 64.3 Å². The molecular formula is C34H21Cl2F5N2O5. The smallest absolute Gasteiger partial charge is 0.258 e. The van der Waals surface area contributed by atoms with Crippen molar-refractivity contribution in [2.45, 2.75) is 28.5 Å². The number of phenols is 1. The minimum Gasteiger partial charge on any atom is -0.508 e. The molecule has 7 rings (SSSR count). The van der Waals surface area contributed by atoms with Crippen molar-refractivity contribution in [2.24, 2.45) is 17.8 Å². The highest BCUT2D eigenvalue weighted by molar-refractivity contribution is 6.58. The van der Waals surface area contributed by atoms with Crippen LogP contribution in [0.25, 0.3) is 6.08 Å². The second-order valence-corrected chi connectivity index (χ2v) is 13.3. The molecule has 2 heterocycles. The van der Waals surface area contributed by atoms with E-state index in [9.17, 15) is 37.5 Å². The molecule has 246 valence electrons. The van der Waals surface area contributed by atoms with Crippen LogP contribution in [0.3, 0.4) is 0 Å². The van der Waals surface area contributed by atoms with Crippen molar-refractivity contribution in [3.05, 3.63) is 107 Å². The summed E-state index contributed by atoms with van der Waals surface area (Å²) in [6.45, 7) is 3.68. The number of nitrogens with zero attached hydrogens (tertiary/aromatic N) is 2. The van der Waals surface area contributed by atoms with Crippen LogP contribution >= 0.6 is 23.2 Å². The maximum Gasteiger partial charge on any atom is 0.258 e. The number of anilines is 2. The lowest BCUT2D eigenvalue weighted by molar-refractivity contribution is -0.125. The topological polar surface area (TPSA) is 95.0 Å². The molecule has 0 spiro atoms. The number of phenolic OH excluding ortho intramolecular Hbond substituents is 1. The monoisotopic (exact) mass is 702 g/mol. The zero-order valence-corrected chi connectivity index (χ0v) is 25.8. The SMILES string of the molecule is C=Cc1ccc(N2C(=O)[C@H]3[C@H](CC=C4[C@H]3C[C@@]3(Cl)C(=O)N(c5c(F)c(F)c(F)c(F)c5F)C(=O)[C@@]3(Cl)[C@H]4c3ccccc3O)C2=O)cc1. The standard InChI is InChI=1S/C34H21Cl2F5N2O5/c1-2-14-7-9-15(10-8-14)42-29(45)18-12-11-16-19(21(18)30(42)46)13-33(35)31(47)43(28-26(40)24(38)23(37)25(39)27(28)41)32(48)34(33,36)22(16)17-5-3-4-6-20(17)44/h2-11,18-19,21-22,44H,1,12-13H2/t18-,19+,21-,22+,33+,34-/m0/s1. The Morgan fingerprint density at radius 3 is 2.00 bits per heavy atom. The number of aromatic hydroxyl groups is 1. The van der Waals surface area contributed by atoms with E-state index in [1.807, 2.05) is 0 Å². The van der Waals surface area contributed by atoms with E-state index in [1.54, 1.807) is 36.4 Å². The van der Waals surface area contributed by atoms with Gasteiger partial charge in [-0.1, -0.05) is 54.6 Å². The molecule has 6 atom stereocenters. The zero-order chi connectivity index (χ0) is 34.6. The fraction of sp³-hybridized carbons (Fsp3) is 0.235. The van der Waals surface area contributed by atoms with E-state index in [4.69, 9.17) is 23.2 Å². The molecule has 4 aliphatic rings. The van der Waals surface area contributed by atoms with E-state index in [1.165, 1.54) is 24.3 Å². The third kappa shape index (κ3) is 3.93. The van der Waals surface area contributed by atoms with Gasteiger partial charge in [-0.05, 0) is 42.5 Å². The minimum atomic E-state index is -2.72. The van der Waals surface area contributed by atoms with Crippen LogP contribution in [0.1, 0.15) is 29.9 Å². The van der Waals surface area contributed by atoms with Crippen molar-refractivity contribution in [3.63, 3.8) is 0 Å². The summed E-state index contributed by atoms with van der Waals surface area (Å²) in [6.07, 6.45) is 2.45. The first kappa shape index (κ1) is 32.0. The first-order valence-electron chi connectivity index (χ1n) is 14.6. The number of hydrogen-bond donors (Lipinski definition) is 1. The van der Waals surface area contributed by atoms with Gasteiger partial charge in [0.1, 0.15) is 11.4 Å². The number of allylic oxidation sites excluding steroid dienone is 2. The summed E-state index contributed by atoms with van der Waals surface area (Å²) in [7, 11) is 0. The van der Waals surface area contributed by atoms with Crippen LogP contribution in [0.15, 0.2) is 66.8 Å². The lowest BCUT2D eigenvalue weighted by Crippen LogP contribution is -2.60. The Morgan fingerprint density at radius 1 is 0.792 bits per heavy atom. The van der Waals surface area contributed by atoms with Crippen molar-refractivity contribution < 1.29 is 46.2 Å². The summed E-state index contributed by atoms with van der Waals surface area (Å²) < 4.78 is 72.9. The average Bonchev–Trinajstić information content (AvgIpc) is 3.41. The van der Waals surface area contributed by atoms with Gasteiger partial charge < -0.3 is 5.11 Å². The largest absolute Gasteiger partial charge is 0.508 e. The fourth-order valence-electron chi connectivity index (χ4n) is 7.66. The van der Waals surface area contributed by atoms with Gasteiger partial charge >= 0.3 is 0 Å². The van der Waals surface area contributed by atoms with Gasteiger partial charge in [-0.3, -0.25) is 24.1 Å². The van der Waals surface area contributed by atoms with E-state index in [-0.39, 0.29) is 28.1 Å². The Kier molecular flexibility index (Phi) is 7.16. The number of alkyl halides is 2. The van der Waals surface area contributed by atoms with E-state index in [0.717, 1.165) is 10.5 Å². The second kappa shape index (κ2) is 10.7. The van der Waals surface area contributed by atoms with Crippen LogP contribution in [-0.4, -0.2) is 38.5 Å². The molecule has 3 aromatic carbocycles. The number of amides is 4. The molecule has 48 heavy (non-hydrogen) atoms. The first-order valence-corrected chi connectivity index (χ1v) is 15.3. The Bertz CT molecular complexity index is 2010. The van der Waals surface area contributed by atoms with E-state index >= 15 is 8.78 Å². The molecule has 0 aromatic heterocycles. The average molecular weight is 703 g/mol. The van der Waals surface area contributed by atoms with Crippen molar-refractivity contribution in [2.75, 3.05) is 9.80 Å². The van der Waals surface area contributed by atoms with Gasteiger partial charge in [-0.15, -0.1) is 23.2 Å². The molecule has 2 saturated heterocycles. The number of fused-ring (bicyclic) bond motifs is 4. The number of carbonyl (C=O) groups is 4. The van der Waals surface area contributed by atoms with Crippen molar-refractivity contribution in [1.29, 1.82) is 0 Å². The van der Waals surface area contributed by atoms with E-state index in [0.29, 0.717) is 0 Å². The van der Waals surface area contributed by atoms with Crippen LogP contribution < -0.4 is 9.80 Å². The van der Waals surface area contributed by atoms with Gasteiger partial charge in [0.15, 0.2) is 33.0 Å². The maximum atomic E-state index is 15.1. The molecular weight excluding hydrogens is 682 g/mol. The molecule has 0 unspecified atom stereocenters. The second-order valence-electron chi connectivity index (χ2n) is 12.1. The summed E-state index contributed by atoms with van der Waals surface area (Å²) in [6, 6.07) is 11.9. The first-order chi connectivity index (χ1) is 22.7. The number of halogens is 7. The summed E-state index contributed by atoms with van der Waals surface area (Å²) in [5.74, 6) is -21.9. The van der Waals surface area contributed by atoms with Crippen LogP contribution in [0.5, 0.6) is 5.75 Å². The maximum absolute atomic E-state index is 15.1. The highest BCUT2D eigenvalue weighted by atomic mass is 35.5. The van der Waals surface area contributed by atoms with Gasteiger partial charge in [0.2, 0.25) is 17.6 Å². The normalized spacial score (nSPS) is 29.5. The third-order valence-corrected chi connectivity index (χ3v) is 11.3. The predicted octanol–water partition coefficient (Wildman–Crippen LogP) is 6.50. The van der Waals surface area contributed by atoms with Crippen molar-refractivity contribution in [3.8, 4) is 5.75 Å². The fourth-order valence-corrected chi connectivity index (χ4v) is 8.58. The third-order valence-electron chi connectivity index (χ3n) is 9.86. The molecule has 3 fully saturated rings. The Labute approximate surface area is 278 Å². The van der Waals surface area contributed by atoms with Gasteiger partial charge in [0.25, 0.3) is 11.8 Å². The Balaban J connectivity index is 1.42. The number of rotatable bonds is 4. The number of para-hydroxylation sites is 1. The van der Waals surface area contributed by atoms with Gasteiger partial charge in [-0.25, -0.2) is 26.9 Å². The highest BCUT2D eigenvalue weighted by Gasteiger charge is 2.77.